The van der Waals surface area contributed by atoms with Crippen LogP contribution in [0.5, 0.6) is 0 Å². The Morgan fingerprint density at radius 2 is 2.18 bits per heavy atom. The van der Waals surface area contributed by atoms with Crippen LogP contribution in [0.2, 0.25) is 0 Å². The van der Waals surface area contributed by atoms with Crippen molar-refractivity contribution in [3.05, 3.63) is 12.4 Å². The van der Waals surface area contributed by atoms with Crippen LogP contribution in [0.25, 0.3) is 0 Å². The molecule has 0 saturated carbocycles. The molecule has 0 aliphatic rings. The first-order chi connectivity index (χ1) is 8.15. The summed E-state index contributed by atoms with van der Waals surface area (Å²) in [6.45, 7) is 3.06. The van der Waals surface area contributed by atoms with E-state index in [2.05, 4.69) is 21.0 Å². The van der Waals surface area contributed by atoms with Crippen molar-refractivity contribution in [2.75, 3.05) is 25.5 Å². The van der Waals surface area contributed by atoms with Gasteiger partial charge >= 0.3 is 0 Å². The van der Waals surface area contributed by atoms with E-state index in [4.69, 9.17) is 0 Å². The standard InChI is InChI=1S/C10H17N5O2/c1-3-12-5-9(16)14-8-4-13-15(6-8)7-10(17)11-2/h4,6,12H,3,5,7H2,1-2H3,(H,11,17)(H,14,16). The van der Waals surface area contributed by atoms with Crippen molar-refractivity contribution < 1.29 is 9.59 Å². The van der Waals surface area contributed by atoms with E-state index < -0.39 is 0 Å². The van der Waals surface area contributed by atoms with Gasteiger partial charge in [0.2, 0.25) is 11.8 Å². The number of rotatable bonds is 6. The largest absolute Gasteiger partial charge is 0.358 e. The number of carbonyl (C=O) groups is 2. The van der Waals surface area contributed by atoms with Gasteiger partial charge in [-0.2, -0.15) is 5.10 Å². The van der Waals surface area contributed by atoms with Crippen molar-refractivity contribution in [2.24, 2.45) is 0 Å². The summed E-state index contributed by atoms with van der Waals surface area (Å²) >= 11 is 0. The zero-order valence-corrected chi connectivity index (χ0v) is 9.99. The molecule has 0 saturated heterocycles. The Morgan fingerprint density at radius 1 is 1.41 bits per heavy atom. The summed E-state index contributed by atoms with van der Waals surface area (Å²) in [5, 5.41) is 12.0. The van der Waals surface area contributed by atoms with Gasteiger partial charge in [-0.1, -0.05) is 6.92 Å². The lowest BCUT2D eigenvalue weighted by atomic mass is 10.5. The second kappa shape index (κ2) is 6.64. The van der Waals surface area contributed by atoms with Crippen molar-refractivity contribution >= 4 is 17.5 Å². The zero-order valence-electron chi connectivity index (χ0n) is 9.99. The molecule has 0 unspecified atom stereocenters. The molecule has 0 bridgehead atoms. The molecule has 0 spiro atoms. The third-order valence-electron chi connectivity index (χ3n) is 2.04. The fraction of sp³-hybridized carbons (Fsp3) is 0.500. The molecule has 1 rings (SSSR count). The van der Waals surface area contributed by atoms with Gasteiger partial charge in [0.15, 0.2) is 0 Å². The van der Waals surface area contributed by atoms with E-state index >= 15 is 0 Å². The molecule has 0 radical (unpaired) electrons. The Bertz CT molecular complexity index is 388. The van der Waals surface area contributed by atoms with Gasteiger partial charge in [0, 0.05) is 13.2 Å². The van der Waals surface area contributed by atoms with Gasteiger partial charge in [-0.3, -0.25) is 14.3 Å². The number of amides is 2. The Morgan fingerprint density at radius 3 is 2.82 bits per heavy atom. The van der Waals surface area contributed by atoms with Gasteiger partial charge in [-0.05, 0) is 6.54 Å². The maximum Gasteiger partial charge on any atom is 0.241 e. The van der Waals surface area contributed by atoms with Crippen LogP contribution in [-0.4, -0.2) is 41.7 Å². The molecule has 7 heteroatoms. The quantitative estimate of drug-likeness (QED) is 0.605. The fourth-order valence-electron chi connectivity index (χ4n) is 1.18. The van der Waals surface area contributed by atoms with Gasteiger partial charge in [0.25, 0.3) is 0 Å². The molecule has 0 atom stereocenters. The minimum atomic E-state index is -0.140. The highest BCUT2D eigenvalue weighted by Crippen LogP contribution is 2.03. The molecule has 3 N–H and O–H groups in total. The Balaban J connectivity index is 2.45. The third kappa shape index (κ3) is 4.64. The van der Waals surface area contributed by atoms with Crippen molar-refractivity contribution in [3.63, 3.8) is 0 Å². The zero-order chi connectivity index (χ0) is 12.7. The first-order valence-electron chi connectivity index (χ1n) is 5.39. The summed E-state index contributed by atoms with van der Waals surface area (Å²) in [4.78, 5) is 22.5. The number of carbonyl (C=O) groups excluding carboxylic acids is 2. The Hall–Kier alpha value is -1.89. The minimum Gasteiger partial charge on any atom is -0.358 e. The topological polar surface area (TPSA) is 88.1 Å². The molecule has 0 fully saturated rings. The average Bonchev–Trinajstić information content (AvgIpc) is 2.73. The van der Waals surface area contributed by atoms with Crippen molar-refractivity contribution in [1.82, 2.24) is 20.4 Å². The third-order valence-corrected chi connectivity index (χ3v) is 2.04. The summed E-state index contributed by atoms with van der Waals surface area (Å²) in [6.07, 6.45) is 3.12. The Labute approximate surface area is 99.6 Å². The van der Waals surface area contributed by atoms with E-state index in [1.807, 2.05) is 6.92 Å². The molecule has 7 nitrogen and oxygen atoms in total. The minimum absolute atomic E-state index is 0.133. The maximum atomic E-state index is 11.4. The highest BCUT2D eigenvalue weighted by atomic mass is 16.2. The van der Waals surface area contributed by atoms with E-state index in [0.717, 1.165) is 6.54 Å². The molecule has 17 heavy (non-hydrogen) atoms. The Kier molecular flexibility index (Phi) is 5.15. The number of likely N-dealkylation sites (N-methyl/N-ethyl adjacent to an activating group) is 2. The predicted molar refractivity (Wildman–Crippen MR) is 63.5 cm³/mol. The summed E-state index contributed by atoms with van der Waals surface area (Å²) in [7, 11) is 1.56. The average molecular weight is 239 g/mol. The molecule has 94 valence electrons. The lowest BCUT2D eigenvalue weighted by Gasteiger charge is -2.02. The monoisotopic (exact) mass is 239 g/mol. The summed E-state index contributed by atoms with van der Waals surface area (Å²) in [5.74, 6) is -0.273. The maximum absolute atomic E-state index is 11.4. The van der Waals surface area contributed by atoms with Crippen LogP contribution in [0, 0.1) is 0 Å². The molecule has 0 aliphatic heterocycles. The van der Waals surface area contributed by atoms with Gasteiger partial charge in [-0.25, -0.2) is 0 Å². The van der Waals surface area contributed by atoms with Crippen molar-refractivity contribution in [1.29, 1.82) is 0 Å². The first-order valence-corrected chi connectivity index (χ1v) is 5.39. The lowest BCUT2D eigenvalue weighted by Crippen LogP contribution is -2.27. The first kappa shape index (κ1) is 13.2. The molecule has 1 aromatic rings. The van der Waals surface area contributed by atoms with E-state index in [1.54, 1.807) is 13.2 Å². The molecular formula is C10H17N5O2. The van der Waals surface area contributed by atoms with Crippen LogP contribution in [0.15, 0.2) is 12.4 Å². The summed E-state index contributed by atoms with van der Waals surface area (Å²) in [6, 6.07) is 0. The van der Waals surface area contributed by atoms with Crippen molar-refractivity contribution in [3.8, 4) is 0 Å². The molecule has 1 heterocycles. The second-order valence-electron chi connectivity index (χ2n) is 3.43. The molecular weight excluding hydrogens is 222 g/mol. The van der Waals surface area contributed by atoms with Crippen LogP contribution < -0.4 is 16.0 Å². The second-order valence-corrected chi connectivity index (χ2v) is 3.43. The molecule has 1 aromatic heterocycles. The number of nitrogens with zero attached hydrogens (tertiary/aromatic N) is 2. The van der Waals surface area contributed by atoms with E-state index in [1.165, 1.54) is 10.9 Å². The molecule has 0 aliphatic carbocycles. The fourth-order valence-corrected chi connectivity index (χ4v) is 1.18. The van der Waals surface area contributed by atoms with Gasteiger partial charge < -0.3 is 16.0 Å². The normalized spacial score (nSPS) is 10.0. The predicted octanol–water partition coefficient (Wildman–Crippen LogP) is -0.823. The van der Waals surface area contributed by atoms with Crippen LogP contribution in [0.1, 0.15) is 6.92 Å². The van der Waals surface area contributed by atoms with Gasteiger partial charge in [-0.15, -0.1) is 0 Å². The summed E-state index contributed by atoms with van der Waals surface area (Å²) < 4.78 is 1.46. The number of hydrogen-bond donors (Lipinski definition) is 3. The van der Waals surface area contributed by atoms with Gasteiger partial charge in [0.1, 0.15) is 6.54 Å². The number of nitrogens with one attached hydrogen (secondary N) is 3. The number of aromatic nitrogens is 2. The highest BCUT2D eigenvalue weighted by Gasteiger charge is 2.05. The van der Waals surface area contributed by atoms with Crippen LogP contribution in [-0.2, 0) is 16.1 Å². The lowest BCUT2D eigenvalue weighted by molar-refractivity contribution is -0.121. The smallest absolute Gasteiger partial charge is 0.241 e. The number of anilines is 1. The highest BCUT2D eigenvalue weighted by molar-refractivity contribution is 5.92. The SMILES string of the molecule is CCNCC(=O)Nc1cnn(CC(=O)NC)c1. The van der Waals surface area contributed by atoms with E-state index in [-0.39, 0.29) is 24.9 Å². The van der Waals surface area contributed by atoms with E-state index in [0.29, 0.717) is 5.69 Å². The van der Waals surface area contributed by atoms with Crippen LogP contribution in [0.4, 0.5) is 5.69 Å². The van der Waals surface area contributed by atoms with E-state index in [9.17, 15) is 9.59 Å². The van der Waals surface area contributed by atoms with Gasteiger partial charge in [0.05, 0.1) is 18.4 Å². The van der Waals surface area contributed by atoms with Crippen LogP contribution in [0.3, 0.4) is 0 Å². The van der Waals surface area contributed by atoms with Crippen LogP contribution >= 0.6 is 0 Å². The van der Waals surface area contributed by atoms with Crippen molar-refractivity contribution in [2.45, 2.75) is 13.5 Å². The molecule has 0 aromatic carbocycles. The summed E-state index contributed by atoms with van der Waals surface area (Å²) in [5.41, 5.74) is 0.580. The molecule has 2 amide bonds. The number of hydrogen-bond acceptors (Lipinski definition) is 4.